The number of para-hydroxylation sites is 1. The number of anilines is 1. The average molecular weight is 304 g/mol. The number of carbonyl (C=O) groups is 1. The Morgan fingerprint density at radius 2 is 2.05 bits per heavy atom. The fourth-order valence-corrected chi connectivity index (χ4v) is 2.99. The number of aliphatic hydroxyl groups excluding tert-OH is 1. The first-order valence-electron chi connectivity index (χ1n) is 8.24. The molecule has 2 rings (SSSR count). The zero-order valence-corrected chi connectivity index (χ0v) is 13.9. The lowest BCUT2D eigenvalue weighted by Crippen LogP contribution is -2.43. The molecule has 122 valence electrons. The molecule has 1 aromatic carbocycles. The highest BCUT2D eigenvalue weighted by Gasteiger charge is 2.23. The summed E-state index contributed by atoms with van der Waals surface area (Å²) in [7, 11) is 0. The van der Waals surface area contributed by atoms with E-state index in [1.165, 1.54) is 0 Å². The summed E-state index contributed by atoms with van der Waals surface area (Å²) in [4.78, 5) is 14.4. The van der Waals surface area contributed by atoms with E-state index >= 15 is 0 Å². The number of nitrogens with zero attached hydrogens (tertiary/aromatic N) is 1. The molecule has 0 aliphatic carbocycles. The molecular formula is C18H28N2O2. The number of nitrogens with one attached hydrogen (secondary N) is 1. The predicted molar refractivity (Wildman–Crippen MR) is 90.0 cm³/mol. The molecule has 4 heteroatoms. The third-order valence-corrected chi connectivity index (χ3v) is 4.63. The molecule has 1 saturated heterocycles. The van der Waals surface area contributed by atoms with Gasteiger partial charge in [-0.15, -0.1) is 0 Å². The van der Waals surface area contributed by atoms with E-state index in [1.54, 1.807) is 0 Å². The zero-order chi connectivity index (χ0) is 16.1. The molecule has 2 unspecified atom stereocenters. The number of β-amino-alcohol motifs (C(OH)–C–C–N with tert-alkyl or cyclic N) is 1. The van der Waals surface area contributed by atoms with Crippen molar-refractivity contribution in [1.82, 2.24) is 4.90 Å². The maximum absolute atomic E-state index is 12.1. The summed E-state index contributed by atoms with van der Waals surface area (Å²) >= 11 is 0. The number of aliphatic hydroxyl groups is 1. The highest BCUT2D eigenvalue weighted by atomic mass is 16.3. The second-order valence-corrected chi connectivity index (χ2v) is 6.55. The first-order chi connectivity index (χ1) is 10.5. The summed E-state index contributed by atoms with van der Waals surface area (Å²) in [5.41, 5.74) is 3.14. The Kier molecular flexibility index (Phi) is 5.98. The zero-order valence-electron chi connectivity index (χ0n) is 13.9. The number of aryl methyl sites for hydroxylation is 2. The highest BCUT2D eigenvalue weighted by molar-refractivity contribution is 5.92. The van der Waals surface area contributed by atoms with Crippen molar-refractivity contribution < 1.29 is 9.90 Å². The van der Waals surface area contributed by atoms with Crippen LogP contribution in [0.2, 0.25) is 0 Å². The summed E-state index contributed by atoms with van der Waals surface area (Å²) in [5.74, 6) is 0.465. The van der Waals surface area contributed by atoms with Crippen LogP contribution >= 0.6 is 0 Å². The topological polar surface area (TPSA) is 52.6 Å². The van der Waals surface area contributed by atoms with Gasteiger partial charge in [0.2, 0.25) is 5.91 Å². The van der Waals surface area contributed by atoms with Gasteiger partial charge >= 0.3 is 0 Å². The molecule has 0 radical (unpaired) electrons. The van der Waals surface area contributed by atoms with Crippen molar-refractivity contribution in [2.24, 2.45) is 5.92 Å². The van der Waals surface area contributed by atoms with Crippen LogP contribution in [-0.2, 0) is 4.79 Å². The van der Waals surface area contributed by atoms with Crippen molar-refractivity contribution in [2.75, 3.05) is 25.0 Å². The van der Waals surface area contributed by atoms with Crippen LogP contribution in [0.3, 0.4) is 0 Å². The normalized spacial score (nSPS) is 22.5. The summed E-state index contributed by atoms with van der Waals surface area (Å²) in [5, 5.41) is 12.9. The van der Waals surface area contributed by atoms with Gasteiger partial charge < -0.3 is 15.3 Å². The van der Waals surface area contributed by atoms with Gasteiger partial charge in [0.25, 0.3) is 0 Å². The van der Waals surface area contributed by atoms with Crippen LogP contribution in [0.15, 0.2) is 18.2 Å². The molecule has 22 heavy (non-hydrogen) atoms. The molecule has 0 saturated carbocycles. The molecule has 1 aliphatic rings. The molecule has 1 fully saturated rings. The number of amides is 1. The van der Waals surface area contributed by atoms with Gasteiger partial charge in [0.05, 0.1) is 6.10 Å². The van der Waals surface area contributed by atoms with E-state index in [2.05, 4.69) is 17.1 Å². The summed E-state index contributed by atoms with van der Waals surface area (Å²) in [6, 6.07) is 6.03. The number of likely N-dealkylation sites (tertiary alicyclic amines) is 1. The number of carbonyl (C=O) groups excluding carboxylic acids is 1. The number of piperidine rings is 1. The predicted octanol–water partition coefficient (Wildman–Crippen LogP) is 2.72. The van der Waals surface area contributed by atoms with Crippen LogP contribution in [0, 0.1) is 19.8 Å². The molecule has 1 heterocycles. The maximum Gasteiger partial charge on any atom is 0.224 e. The highest BCUT2D eigenvalue weighted by Crippen LogP contribution is 2.20. The Morgan fingerprint density at radius 3 is 2.68 bits per heavy atom. The molecule has 2 atom stereocenters. The molecule has 0 aromatic heterocycles. The lowest BCUT2D eigenvalue weighted by Gasteiger charge is -2.34. The Labute approximate surface area is 133 Å². The Morgan fingerprint density at radius 1 is 1.36 bits per heavy atom. The number of rotatable bonds is 5. The van der Waals surface area contributed by atoms with Crippen molar-refractivity contribution in [2.45, 2.75) is 46.1 Å². The second-order valence-electron chi connectivity index (χ2n) is 6.55. The van der Waals surface area contributed by atoms with Gasteiger partial charge in [0.1, 0.15) is 0 Å². The van der Waals surface area contributed by atoms with Gasteiger partial charge in [-0.05, 0) is 56.8 Å². The maximum atomic E-state index is 12.1. The summed E-state index contributed by atoms with van der Waals surface area (Å²) in [6.07, 6.45) is 2.17. The quantitative estimate of drug-likeness (QED) is 0.879. The van der Waals surface area contributed by atoms with Gasteiger partial charge in [-0.25, -0.2) is 0 Å². The van der Waals surface area contributed by atoms with Crippen LogP contribution in [0.4, 0.5) is 5.69 Å². The molecule has 1 aliphatic heterocycles. The van der Waals surface area contributed by atoms with E-state index < -0.39 is 0 Å². The van der Waals surface area contributed by atoms with Crippen LogP contribution in [0.25, 0.3) is 0 Å². The fraction of sp³-hybridized carbons (Fsp3) is 0.611. The van der Waals surface area contributed by atoms with E-state index in [4.69, 9.17) is 0 Å². The number of hydrogen-bond acceptors (Lipinski definition) is 3. The first-order valence-corrected chi connectivity index (χ1v) is 8.24. The van der Waals surface area contributed by atoms with Crippen LogP contribution < -0.4 is 5.32 Å². The summed E-state index contributed by atoms with van der Waals surface area (Å²) < 4.78 is 0. The minimum atomic E-state index is -0.225. The van der Waals surface area contributed by atoms with Crippen molar-refractivity contribution in [1.29, 1.82) is 0 Å². The smallest absolute Gasteiger partial charge is 0.224 e. The third-order valence-electron chi connectivity index (χ3n) is 4.63. The molecular weight excluding hydrogens is 276 g/mol. The summed E-state index contributed by atoms with van der Waals surface area (Å²) in [6.45, 7) is 8.76. The second kappa shape index (κ2) is 7.75. The molecule has 4 nitrogen and oxygen atoms in total. The van der Waals surface area contributed by atoms with E-state index in [1.807, 2.05) is 32.0 Å². The standard InChI is InChI=1S/C18H28N2O2/c1-13-9-11-20(12-16(13)21)10-5-8-17(22)19-18-14(2)6-4-7-15(18)3/h4,6-7,13,16,21H,5,8-12H2,1-3H3,(H,19,22). The van der Waals surface area contributed by atoms with Crippen molar-refractivity contribution in [3.63, 3.8) is 0 Å². The third kappa shape index (κ3) is 4.55. The molecule has 1 aromatic rings. The minimum Gasteiger partial charge on any atom is -0.392 e. The van der Waals surface area contributed by atoms with Gasteiger partial charge in [0, 0.05) is 18.7 Å². The monoisotopic (exact) mass is 304 g/mol. The van der Waals surface area contributed by atoms with E-state index in [0.29, 0.717) is 12.3 Å². The van der Waals surface area contributed by atoms with Gasteiger partial charge in [-0.1, -0.05) is 25.1 Å². The van der Waals surface area contributed by atoms with Crippen molar-refractivity contribution in [3.05, 3.63) is 29.3 Å². The van der Waals surface area contributed by atoms with E-state index in [0.717, 1.165) is 49.3 Å². The molecule has 2 N–H and O–H groups in total. The SMILES string of the molecule is Cc1cccc(C)c1NC(=O)CCCN1CCC(C)C(O)C1. The number of hydrogen-bond donors (Lipinski definition) is 2. The Balaban J connectivity index is 1.74. The molecule has 0 bridgehead atoms. The fourth-order valence-electron chi connectivity index (χ4n) is 2.99. The van der Waals surface area contributed by atoms with Gasteiger partial charge in [0.15, 0.2) is 0 Å². The first kappa shape index (κ1) is 17.0. The Bertz CT molecular complexity index is 496. The number of benzene rings is 1. The van der Waals surface area contributed by atoms with E-state index in [9.17, 15) is 9.90 Å². The van der Waals surface area contributed by atoms with E-state index in [-0.39, 0.29) is 12.0 Å². The molecule has 1 amide bonds. The van der Waals surface area contributed by atoms with Crippen LogP contribution in [0.1, 0.15) is 37.3 Å². The van der Waals surface area contributed by atoms with Crippen molar-refractivity contribution in [3.8, 4) is 0 Å². The largest absolute Gasteiger partial charge is 0.392 e. The van der Waals surface area contributed by atoms with Gasteiger partial charge in [-0.2, -0.15) is 0 Å². The lowest BCUT2D eigenvalue weighted by molar-refractivity contribution is -0.116. The lowest BCUT2D eigenvalue weighted by atomic mass is 9.96. The van der Waals surface area contributed by atoms with Gasteiger partial charge in [-0.3, -0.25) is 4.79 Å². The van der Waals surface area contributed by atoms with Crippen LogP contribution in [-0.4, -0.2) is 41.7 Å². The minimum absolute atomic E-state index is 0.0725. The average Bonchev–Trinajstić information content (AvgIpc) is 2.47. The Hall–Kier alpha value is -1.39. The van der Waals surface area contributed by atoms with Crippen molar-refractivity contribution >= 4 is 11.6 Å². The van der Waals surface area contributed by atoms with Crippen LogP contribution in [0.5, 0.6) is 0 Å². The molecule has 0 spiro atoms.